The summed E-state index contributed by atoms with van der Waals surface area (Å²) in [6.07, 6.45) is 5.92. The van der Waals surface area contributed by atoms with Crippen molar-refractivity contribution in [3.8, 4) is 11.5 Å². The van der Waals surface area contributed by atoms with E-state index in [1.54, 1.807) is 7.11 Å². The van der Waals surface area contributed by atoms with Gasteiger partial charge in [-0.25, -0.2) is 0 Å². The molecule has 0 aliphatic carbocycles. The van der Waals surface area contributed by atoms with Crippen molar-refractivity contribution in [2.45, 2.75) is 25.8 Å². The Morgan fingerprint density at radius 2 is 2.27 bits per heavy atom. The normalized spacial score (nSPS) is 18.0. The molecule has 0 spiro atoms. The van der Waals surface area contributed by atoms with Crippen LogP contribution in [0, 0.1) is 0 Å². The smallest absolute Gasteiger partial charge is 0.260 e. The van der Waals surface area contributed by atoms with Gasteiger partial charge in [0, 0.05) is 19.1 Å². The van der Waals surface area contributed by atoms with Crippen LogP contribution in [0.15, 0.2) is 24.3 Å². The zero-order valence-electron chi connectivity index (χ0n) is 13.2. The van der Waals surface area contributed by atoms with Crippen LogP contribution < -0.4 is 15.2 Å². The van der Waals surface area contributed by atoms with Crippen molar-refractivity contribution in [2.75, 3.05) is 26.8 Å². The number of nitrogens with zero attached hydrogens (tertiary/aromatic N) is 1. The maximum Gasteiger partial charge on any atom is 0.260 e. The van der Waals surface area contributed by atoms with Crippen molar-refractivity contribution >= 4 is 12.0 Å². The number of amides is 1. The summed E-state index contributed by atoms with van der Waals surface area (Å²) in [5.41, 5.74) is 6.73. The van der Waals surface area contributed by atoms with Gasteiger partial charge in [-0.1, -0.05) is 18.2 Å². The Bertz CT molecular complexity index is 543. The summed E-state index contributed by atoms with van der Waals surface area (Å²) in [5.74, 6) is 1.18. The van der Waals surface area contributed by atoms with E-state index >= 15 is 0 Å². The Balaban J connectivity index is 2.00. The molecule has 1 unspecified atom stereocenters. The van der Waals surface area contributed by atoms with Gasteiger partial charge in [0.15, 0.2) is 18.1 Å². The van der Waals surface area contributed by atoms with E-state index in [1.807, 2.05) is 42.2 Å². The van der Waals surface area contributed by atoms with Gasteiger partial charge in [-0.3, -0.25) is 4.79 Å². The second-order valence-corrected chi connectivity index (χ2v) is 5.32. The van der Waals surface area contributed by atoms with Crippen LogP contribution in [0.25, 0.3) is 6.08 Å². The van der Waals surface area contributed by atoms with Gasteiger partial charge in [0.05, 0.1) is 7.11 Å². The molecule has 1 heterocycles. The minimum Gasteiger partial charge on any atom is -0.493 e. The molecule has 1 aliphatic rings. The number of carbonyl (C=O) groups excluding carboxylic acids is 1. The first-order valence-electron chi connectivity index (χ1n) is 7.62. The highest BCUT2D eigenvalue weighted by molar-refractivity contribution is 5.78. The number of carbonyl (C=O) groups is 1. The van der Waals surface area contributed by atoms with Crippen molar-refractivity contribution in [3.63, 3.8) is 0 Å². The maximum atomic E-state index is 12.3. The van der Waals surface area contributed by atoms with Crippen LogP contribution in [0.1, 0.15) is 25.3 Å². The third-order valence-electron chi connectivity index (χ3n) is 3.87. The number of nitrogens with two attached hydrogens (primary N) is 1. The molecule has 1 atom stereocenters. The predicted octanol–water partition coefficient (Wildman–Crippen LogP) is 2.06. The monoisotopic (exact) mass is 304 g/mol. The van der Waals surface area contributed by atoms with E-state index in [9.17, 15) is 4.79 Å². The largest absolute Gasteiger partial charge is 0.493 e. The van der Waals surface area contributed by atoms with Crippen LogP contribution >= 0.6 is 0 Å². The van der Waals surface area contributed by atoms with E-state index in [1.165, 1.54) is 0 Å². The molecular weight excluding hydrogens is 280 g/mol. The van der Waals surface area contributed by atoms with Crippen molar-refractivity contribution < 1.29 is 14.3 Å². The van der Waals surface area contributed by atoms with E-state index in [4.69, 9.17) is 15.2 Å². The zero-order chi connectivity index (χ0) is 15.9. The Labute approximate surface area is 131 Å². The number of hydrogen-bond acceptors (Lipinski definition) is 4. The van der Waals surface area contributed by atoms with Gasteiger partial charge < -0.3 is 20.1 Å². The lowest BCUT2D eigenvalue weighted by Gasteiger charge is -2.23. The van der Waals surface area contributed by atoms with Crippen LogP contribution in [0.2, 0.25) is 0 Å². The first-order chi connectivity index (χ1) is 10.7. The minimum absolute atomic E-state index is 0.00975. The molecule has 5 nitrogen and oxygen atoms in total. The van der Waals surface area contributed by atoms with Crippen molar-refractivity contribution in [1.29, 1.82) is 0 Å². The van der Waals surface area contributed by atoms with Gasteiger partial charge in [-0.05, 0) is 37.5 Å². The Hall–Kier alpha value is -2.01. The molecular formula is C17H24N2O3. The summed E-state index contributed by atoms with van der Waals surface area (Å²) in [4.78, 5) is 14.1. The second kappa shape index (κ2) is 7.84. The average Bonchev–Trinajstić information content (AvgIpc) is 3.02. The fraction of sp³-hybridized carbons (Fsp3) is 0.471. The number of methoxy groups -OCH3 is 1. The lowest BCUT2D eigenvalue weighted by molar-refractivity contribution is -0.134. The molecule has 1 aliphatic heterocycles. The van der Waals surface area contributed by atoms with E-state index < -0.39 is 0 Å². The second-order valence-electron chi connectivity index (χ2n) is 5.32. The summed E-state index contributed by atoms with van der Waals surface area (Å²) < 4.78 is 11.0. The number of rotatable bonds is 6. The van der Waals surface area contributed by atoms with E-state index in [-0.39, 0.29) is 18.6 Å². The summed E-state index contributed by atoms with van der Waals surface area (Å²) in [6.45, 7) is 3.24. The molecule has 0 saturated carbocycles. The summed E-state index contributed by atoms with van der Waals surface area (Å²) in [5, 5.41) is 0. The molecule has 0 radical (unpaired) electrons. The highest BCUT2D eigenvalue weighted by Gasteiger charge is 2.27. The first-order valence-corrected chi connectivity index (χ1v) is 7.62. The molecule has 2 rings (SSSR count). The lowest BCUT2D eigenvalue weighted by atomic mass is 10.2. The number of benzene rings is 1. The Morgan fingerprint density at radius 1 is 1.45 bits per heavy atom. The molecule has 120 valence electrons. The van der Waals surface area contributed by atoms with Crippen LogP contribution in [0.3, 0.4) is 0 Å². The van der Waals surface area contributed by atoms with E-state index in [0.29, 0.717) is 18.0 Å². The minimum atomic E-state index is -0.0208. The van der Waals surface area contributed by atoms with Crippen LogP contribution in [0.4, 0.5) is 0 Å². The molecule has 1 aromatic carbocycles. The van der Waals surface area contributed by atoms with Crippen LogP contribution in [-0.2, 0) is 4.79 Å². The van der Waals surface area contributed by atoms with Crippen molar-refractivity contribution in [1.82, 2.24) is 4.90 Å². The molecule has 22 heavy (non-hydrogen) atoms. The lowest BCUT2D eigenvalue weighted by Crippen LogP contribution is -2.42. The van der Waals surface area contributed by atoms with Gasteiger partial charge in [-0.2, -0.15) is 0 Å². The predicted molar refractivity (Wildman–Crippen MR) is 87.0 cm³/mol. The van der Waals surface area contributed by atoms with Gasteiger partial charge in [0.25, 0.3) is 5.91 Å². The standard InChI is InChI=1S/C17H24N2O3/c1-3-5-13-7-8-15(16(10-13)21-2)22-12-17(20)19-9-4-6-14(19)11-18/h3,5,7-8,10,14H,4,6,9,11-12,18H2,1-2H3/b5-3+. The molecule has 2 N–H and O–H groups in total. The third kappa shape index (κ3) is 3.80. The topological polar surface area (TPSA) is 64.8 Å². The summed E-state index contributed by atoms with van der Waals surface area (Å²) in [6, 6.07) is 5.79. The van der Waals surface area contributed by atoms with Crippen molar-refractivity contribution in [3.05, 3.63) is 29.8 Å². The highest BCUT2D eigenvalue weighted by atomic mass is 16.5. The number of allylic oxidation sites excluding steroid dienone is 1. The fourth-order valence-electron chi connectivity index (χ4n) is 2.73. The molecule has 1 aromatic rings. The van der Waals surface area contributed by atoms with Gasteiger partial charge in [0.1, 0.15) is 0 Å². The van der Waals surface area contributed by atoms with Gasteiger partial charge in [-0.15, -0.1) is 0 Å². The maximum absolute atomic E-state index is 12.3. The number of likely N-dealkylation sites (tertiary alicyclic amines) is 1. The van der Waals surface area contributed by atoms with E-state index in [2.05, 4.69) is 0 Å². The van der Waals surface area contributed by atoms with Crippen LogP contribution in [-0.4, -0.2) is 43.7 Å². The Morgan fingerprint density at radius 3 is 2.95 bits per heavy atom. The highest BCUT2D eigenvalue weighted by Crippen LogP contribution is 2.28. The molecule has 0 aromatic heterocycles. The molecule has 0 bridgehead atoms. The average molecular weight is 304 g/mol. The Kier molecular flexibility index (Phi) is 5.83. The van der Waals surface area contributed by atoms with Crippen molar-refractivity contribution in [2.24, 2.45) is 5.73 Å². The third-order valence-corrected chi connectivity index (χ3v) is 3.87. The fourth-order valence-corrected chi connectivity index (χ4v) is 2.73. The molecule has 1 amide bonds. The number of hydrogen-bond donors (Lipinski definition) is 1. The number of ether oxygens (including phenoxy) is 2. The quantitative estimate of drug-likeness (QED) is 0.873. The summed E-state index contributed by atoms with van der Waals surface area (Å²) >= 11 is 0. The van der Waals surface area contributed by atoms with Gasteiger partial charge in [0.2, 0.25) is 0 Å². The molecule has 5 heteroatoms. The molecule has 1 fully saturated rings. The zero-order valence-corrected chi connectivity index (χ0v) is 13.2. The molecule has 1 saturated heterocycles. The summed E-state index contributed by atoms with van der Waals surface area (Å²) in [7, 11) is 1.59. The SMILES string of the molecule is C/C=C/c1ccc(OCC(=O)N2CCCC2CN)c(OC)c1. The van der Waals surface area contributed by atoms with Gasteiger partial charge >= 0.3 is 0 Å². The first kappa shape index (κ1) is 16.4. The van der Waals surface area contributed by atoms with Crippen LogP contribution in [0.5, 0.6) is 11.5 Å². The van der Waals surface area contributed by atoms with E-state index in [0.717, 1.165) is 24.9 Å².